The van der Waals surface area contributed by atoms with E-state index in [1.807, 2.05) is 11.9 Å². The predicted molar refractivity (Wildman–Crippen MR) is 74.7 cm³/mol. The van der Waals surface area contributed by atoms with E-state index in [0.717, 1.165) is 18.0 Å². The van der Waals surface area contributed by atoms with Gasteiger partial charge in [-0.2, -0.15) is 0 Å². The Bertz CT molecular complexity index is 441. The molecule has 1 aromatic heterocycles. The van der Waals surface area contributed by atoms with Gasteiger partial charge in [0.25, 0.3) is 0 Å². The maximum absolute atomic E-state index is 14.4. The smallest absolute Gasteiger partial charge is 0.170 e. The largest absolute Gasteiger partial charge is 0.357 e. The quantitative estimate of drug-likeness (QED) is 0.855. The Morgan fingerprint density at radius 2 is 2.16 bits per heavy atom. The molecule has 3 rings (SSSR count). The minimum atomic E-state index is -0.155. The highest BCUT2D eigenvalue weighted by Gasteiger charge is 2.23. The zero-order valence-corrected chi connectivity index (χ0v) is 11.5. The van der Waals surface area contributed by atoms with Crippen molar-refractivity contribution in [2.45, 2.75) is 44.7 Å². The lowest BCUT2D eigenvalue weighted by molar-refractivity contribution is 0.320. The van der Waals surface area contributed by atoms with E-state index in [9.17, 15) is 4.39 Å². The van der Waals surface area contributed by atoms with Crippen LogP contribution in [0.3, 0.4) is 0 Å². The Hall–Kier alpha value is -1.16. The molecule has 2 aliphatic carbocycles. The first-order valence-electron chi connectivity index (χ1n) is 7.32. The van der Waals surface area contributed by atoms with Crippen LogP contribution in [0.4, 0.5) is 10.2 Å². The zero-order valence-electron chi connectivity index (χ0n) is 11.5. The Morgan fingerprint density at radius 3 is 2.79 bits per heavy atom. The van der Waals surface area contributed by atoms with E-state index in [1.165, 1.54) is 32.1 Å². The van der Waals surface area contributed by atoms with Crippen molar-refractivity contribution in [3.8, 4) is 0 Å². The summed E-state index contributed by atoms with van der Waals surface area (Å²) in [5.74, 6) is 1.07. The SMILES string of the molecule is CN(CC1CCC1)c1nccc(CNC2CC2)c1F. The van der Waals surface area contributed by atoms with E-state index in [1.54, 1.807) is 12.3 Å². The molecule has 2 saturated carbocycles. The second kappa shape index (κ2) is 5.45. The molecule has 2 fully saturated rings. The van der Waals surface area contributed by atoms with Gasteiger partial charge >= 0.3 is 0 Å². The minimum absolute atomic E-state index is 0.155. The molecule has 0 atom stereocenters. The molecule has 4 heteroatoms. The van der Waals surface area contributed by atoms with Crippen molar-refractivity contribution in [2.24, 2.45) is 5.92 Å². The molecule has 2 aliphatic rings. The van der Waals surface area contributed by atoms with Crippen LogP contribution in [0.2, 0.25) is 0 Å². The normalized spacial score (nSPS) is 19.3. The van der Waals surface area contributed by atoms with E-state index < -0.39 is 0 Å². The van der Waals surface area contributed by atoms with Crippen LogP contribution in [0, 0.1) is 11.7 Å². The third-order valence-electron chi connectivity index (χ3n) is 4.23. The molecule has 1 heterocycles. The molecule has 0 aliphatic heterocycles. The molecule has 104 valence electrons. The van der Waals surface area contributed by atoms with Crippen molar-refractivity contribution < 1.29 is 4.39 Å². The van der Waals surface area contributed by atoms with Crippen LogP contribution in [-0.2, 0) is 6.54 Å². The van der Waals surface area contributed by atoms with Gasteiger partial charge < -0.3 is 10.2 Å². The summed E-state index contributed by atoms with van der Waals surface area (Å²) < 4.78 is 14.4. The number of nitrogens with zero attached hydrogens (tertiary/aromatic N) is 2. The third kappa shape index (κ3) is 3.06. The van der Waals surface area contributed by atoms with Crippen LogP contribution >= 0.6 is 0 Å². The number of anilines is 1. The fourth-order valence-electron chi connectivity index (χ4n) is 2.56. The van der Waals surface area contributed by atoms with Crippen LogP contribution in [0.5, 0.6) is 0 Å². The summed E-state index contributed by atoms with van der Waals surface area (Å²) in [5, 5.41) is 3.36. The molecule has 1 aromatic rings. The maximum Gasteiger partial charge on any atom is 0.170 e. The van der Waals surface area contributed by atoms with Crippen LogP contribution in [0.25, 0.3) is 0 Å². The van der Waals surface area contributed by atoms with E-state index in [-0.39, 0.29) is 5.82 Å². The van der Waals surface area contributed by atoms with Crippen LogP contribution in [0.15, 0.2) is 12.3 Å². The van der Waals surface area contributed by atoms with Crippen molar-refractivity contribution in [1.82, 2.24) is 10.3 Å². The topological polar surface area (TPSA) is 28.2 Å². The van der Waals surface area contributed by atoms with E-state index >= 15 is 0 Å². The van der Waals surface area contributed by atoms with Gasteiger partial charge in [0.2, 0.25) is 0 Å². The van der Waals surface area contributed by atoms with Crippen molar-refractivity contribution >= 4 is 5.82 Å². The summed E-state index contributed by atoms with van der Waals surface area (Å²) in [5.41, 5.74) is 0.734. The van der Waals surface area contributed by atoms with Crippen molar-refractivity contribution in [3.05, 3.63) is 23.6 Å². The van der Waals surface area contributed by atoms with Gasteiger partial charge in [-0.25, -0.2) is 9.37 Å². The summed E-state index contributed by atoms with van der Waals surface area (Å²) in [6.07, 6.45) is 8.03. The van der Waals surface area contributed by atoms with E-state index in [2.05, 4.69) is 10.3 Å². The average molecular weight is 263 g/mol. The number of pyridine rings is 1. The molecule has 1 N–H and O–H groups in total. The van der Waals surface area contributed by atoms with Crippen LogP contribution in [-0.4, -0.2) is 24.6 Å². The summed E-state index contributed by atoms with van der Waals surface area (Å²) in [7, 11) is 1.95. The predicted octanol–water partition coefficient (Wildman–Crippen LogP) is 2.71. The Kier molecular flexibility index (Phi) is 3.69. The van der Waals surface area contributed by atoms with Crippen molar-refractivity contribution in [1.29, 1.82) is 0 Å². The van der Waals surface area contributed by atoms with Gasteiger partial charge in [-0.1, -0.05) is 6.42 Å². The fourth-order valence-corrected chi connectivity index (χ4v) is 2.56. The minimum Gasteiger partial charge on any atom is -0.357 e. The Labute approximate surface area is 114 Å². The maximum atomic E-state index is 14.4. The van der Waals surface area contributed by atoms with Gasteiger partial charge in [0.15, 0.2) is 11.6 Å². The Morgan fingerprint density at radius 1 is 1.37 bits per heavy atom. The number of hydrogen-bond acceptors (Lipinski definition) is 3. The average Bonchev–Trinajstić information content (AvgIpc) is 3.16. The lowest BCUT2D eigenvalue weighted by atomic mass is 9.85. The van der Waals surface area contributed by atoms with E-state index in [0.29, 0.717) is 18.4 Å². The molecule has 0 radical (unpaired) electrons. The summed E-state index contributed by atoms with van der Waals surface area (Å²) in [6, 6.07) is 2.38. The van der Waals surface area contributed by atoms with Crippen LogP contribution in [0.1, 0.15) is 37.7 Å². The van der Waals surface area contributed by atoms with Gasteiger partial charge in [-0.3, -0.25) is 0 Å². The van der Waals surface area contributed by atoms with Gasteiger partial charge in [0.05, 0.1) is 0 Å². The lowest BCUT2D eigenvalue weighted by Gasteiger charge is -2.31. The molecule has 0 bridgehead atoms. The van der Waals surface area contributed by atoms with Crippen LogP contribution < -0.4 is 10.2 Å². The highest BCUT2D eigenvalue weighted by Crippen LogP contribution is 2.29. The Balaban J connectivity index is 1.66. The molecular formula is C15H22FN3. The molecular weight excluding hydrogens is 241 g/mol. The number of halogens is 1. The number of nitrogens with one attached hydrogen (secondary N) is 1. The number of rotatable bonds is 6. The molecule has 0 aromatic carbocycles. The molecule has 3 nitrogen and oxygen atoms in total. The zero-order chi connectivity index (χ0) is 13.2. The highest BCUT2D eigenvalue weighted by molar-refractivity contribution is 5.42. The number of hydrogen-bond donors (Lipinski definition) is 1. The van der Waals surface area contributed by atoms with Crippen molar-refractivity contribution in [2.75, 3.05) is 18.5 Å². The molecule has 0 spiro atoms. The fraction of sp³-hybridized carbons (Fsp3) is 0.667. The molecule has 0 amide bonds. The monoisotopic (exact) mass is 263 g/mol. The molecule has 0 unspecified atom stereocenters. The summed E-state index contributed by atoms with van der Waals surface area (Å²) >= 11 is 0. The van der Waals surface area contributed by atoms with E-state index in [4.69, 9.17) is 0 Å². The highest BCUT2D eigenvalue weighted by atomic mass is 19.1. The summed E-state index contributed by atoms with van der Waals surface area (Å²) in [4.78, 5) is 6.19. The van der Waals surface area contributed by atoms with Gasteiger partial charge in [0.1, 0.15) is 0 Å². The van der Waals surface area contributed by atoms with Gasteiger partial charge in [-0.05, 0) is 37.7 Å². The summed E-state index contributed by atoms with van der Waals surface area (Å²) in [6.45, 7) is 1.53. The first-order chi connectivity index (χ1) is 9.24. The lowest BCUT2D eigenvalue weighted by Crippen LogP contribution is -2.30. The molecule has 19 heavy (non-hydrogen) atoms. The first-order valence-corrected chi connectivity index (χ1v) is 7.32. The van der Waals surface area contributed by atoms with Gasteiger partial charge in [0, 0.05) is 37.9 Å². The van der Waals surface area contributed by atoms with Gasteiger partial charge in [-0.15, -0.1) is 0 Å². The molecule has 0 saturated heterocycles. The van der Waals surface area contributed by atoms with Crippen molar-refractivity contribution in [3.63, 3.8) is 0 Å². The third-order valence-corrected chi connectivity index (χ3v) is 4.23. The first kappa shape index (κ1) is 12.9. The standard InChI is InChI=1S/C15H22FN3/c1-19(10-11-3-2-4-11)15-14(16)12(7-8-17-15)9-18-13-5-6-13/h7-8,11,13,18H,2-6,9-10H2,1H3. The second-order valence-electron chi connectivity index (χ2n) is 5.94. The number of aromatic nitrogens is 1. The second-order valence-corrected chi connectivity index (χ2v) is 5.94.